The second-order valence-electron chi connectivity index (χ2n) is 6.31. The Kier molecular flexibility index (Phi) is 5.43. The van der Waals surface area contributed by atoms with E-state index in [1.54, 1.807) is 0 Å². The number of nitrogens with zero attached hydrogens (tertiary/aromatic N) is 4. The zero-order chi connectivity index (χ0) is 19.8. The highest BCUT2D eigenvalue weighted by molar-refractivity contribution is 6.31. The fourth-order valence-electron chi connectivity index (χ4n) is 3.00. The molecule has 3 heterocycles. The van der Waals surface area contributed by atoms with Crippen molar-refractivity contribution in [1.82, 2.24) is 20.0 Å². The monoisotopic (exact) mass is 408 g/mol. The van der Waals surface area contributed by atoms with Crippen LogP contribution in [0.25, 0.3) is 0 Å². The van der Waals surface area contributed by atoms with Crippen LogP contribution in [0.5, 0.6) is 0 Å². The highest BCUT2D eigenvalue weighted by atomic mass is 35.5. The van der Waals surface area contributed by atoms with E-state index in [2.05, 4.69) is 25.7 Å². The minimum Gasteiger partial charge on any atom is -0.372 e. The molecule has 3 rings (SSSR count). The lowest BCUT2D eigenvalue weighted by atomic mass is 10.0. The lowest BCUT2D eigenvalue weighted by Gasteiger charge is -2.27. The minimum absolute atomic E-state index is 0.0689. The number of H-pyrrole nitrogens is 1. The number of halogens is 5. The van der Waals surface area contributed by atoms with E-state index < -0.39 is 24.0 Å². The number of rotatable bonds is 4. The van der Waals surface area contributed by atoms with Crippen molar-refractivity contribution < 1.29 is 22.2 Å². The van der Waals surface area contributed by atoms with Gasteiger partial charge in [-0.25, -0.2) is 9.37 Å². The Bertz CT molecular complexity index is 810. The molecule has 3 N–H and O–H groups in total. The summed E-state index contributed by atoms with van der Waals surface area (Å²) in [6.45, 7) is 1.02. The maximum Gasteiger partial charge on any atom is 0.421 e. The Morgan fingerprint density at radius 3 is 2.78 bits per heavy atom. The van der Waals surface area contributed by atoms with Crippen LogP contribution >= 0.6 is 11.6 Å². The van der Waals surface area contributed by atoms with Gasteiger partial charge < -0.3 is 15.5 Å². The summed E-state index contributed by atoms with van der Waals surface area (Å²) in [7, 11) is 3.18. The number of anilines is 3. The number of alkyl halides is 4. The molecule has 27 heavy (non-hydrogen) atoms. The van der Waals surface area contributed by atoms with Crippen LogP contribution in [-0.2, 0) is 6.18 Å². The number of aromatic nitrogens is 4. The molecule has 2 aromatic heterocycles. The predicted octanol–water partition coefficient (Wildman–Crippen LogP) is 2.76. The fourth-order valence-corrected chi connectivity index (χ4v) is 3.28. The Balaban J connectivity index is 1.82. The summed E-state index contributed by atoms with van der Waals surface area (Å²) in [5.41, 5.74) is -0.637. The van der Waals surface area contributed by atoms with E-state index in [-0.39, 0.29) is 16.9 Å². The van der Waals surface area contributed by atoms with Crippen molar-refractivity contribution in [3.63, 3.8) is 0 Å². The first-order chi connectivity index (χ1) is 12.7. The van der Waals surface area contributed by atoms with Gasteiger partial charge in [0.15, 0.2) is 11.9 Å². The van der Waals surface area contributed by atoms with Crippen molar-refractivity contribution in [1.29, 1.82) is 0 Å². The average molecular weight is 409 g/mol. The van der Waals surface area contributed by atoms with Crippen LogP contribution in [0.1, 0.15) is 18.0 Å². The molecule has 0 saturated carbocycles. The summed E-state index contributed by atoms with van der Waals surface area (Å²) < 4.78 is 54.6. The Morgan fingerprint density at radius 2 is 2.15 bits per heavy atom. The normalized spacial score (nSPS) is 21.3. The van der Waals surface area contributed by atoms with E-state index >= 15 is 0 Å². The molecule has 148 valence electrons. The SMILES string of the molecule is CNc1nc(Nc2c[nH][n+](C3CCN(C)CC3F)c2Cl)ncc1C(F)(F)F. The molecular formula is C15H19ClF4N7+. The molecule has 2 aromatic rings. The molecule has 0 aromatic carbocycles. The Morgan fingerprint density at radius 1 is 1.41 bits per heavy atom. The molecule has 0 spiro atoms. The molecule has 1 aliphatic heterocycles. The third kappa shape index (κ3) is 4.08. The average Bonchev–Trinajstić information content (AvgIpc) is 2.94. The number of likely N-dealkylation sites (tertiary alicyclic amines) is 1. The molecule has 2 unspecified atom stereocenters. The molecule has 12 heteroatoms. The van der Waals surface area contributed by atoms with Crippen LogP contribution in [0.3, 0.4) is 0 Å². The molecule has 1 fully saturated rings. The standard InChI is InChI=1S/C15H18ClF4N7/c1-21-13-8(15(18,19)20)5-22-14(25-13)24-10-6-23-27(12(10)16)11-3-4-26(2)7-9(11)17/h5-6,9,11H,3-4,7H2,1-2H3,(H2,21,22,24,25)/p+1. The van der Waals surface area contributed by atoms with Gasteiger partial charge in [0, 0.05) is 32.8 Å². The number of piperidine rings is 1. The summed E-state index contributed by atoms with van der Waals surface area (Å²) in [4.78, 5) is 9.41. The first kappa shape index (κ1) is 19.6. The van der Waals surface area contributed by atoms with Gasteiger partial charge in [-0.15, -0.1) is 0 Å². The van der Waals surface area contributed by atoms with E-state index in [1.165, 1.54) is 17.9 Å². The van der Waals surface area contributed by atoms with E-state index in [0.29, 0.717) is 24.8 Å². The summed E-state index contributed by atoms with van der Waals surface area (Å²) in [6, 6.07) is -0.453. The zero-order valence-electron chi connectivity index (χ0n) is 14.6. The lowest BCUT2D eigenvalue weighted by molar-refractivity contribution is -0.778. The topological polar surface area (TPSA) is 72.8 Å². The van der Waals surface area contributed by atoms with Gasteiger partial charge in [-0.1, -0.05) is 4.68 Å². The maximum absolute atomic E-state index is 14.4. The first-order valence-electron chi connectivity index (χ1n) is 8.20. The fraction of sp³-hybridized carbons (Fsp3) is 0.533. The number of hydrogen-bond acceptors (Lipinski definition) is 5. The van der Waals surface area contributed by atoms with Gasteiger partial charge in [0.2, 0.25) is 12.0 Å². The maximum atomic E-state index is 14.4. The third-order valence-corrected chi connectivity index (χ3v) is 4.79. The summed E-state index contributed by atoms with van der Waals surface area (Å²) in [5.74, 6) is -0.431. The van der Waals surface area contributed by atoms with E-state index in [0.717, 1.165) is 6.54 Å². The minimum atomic E-state index is -4.57. The summed E-state index contributed by atoms with van der Waals surface area (Å²) >= 11 is 6.32. The van der Waals surface area contributed by atoms with Crippen LogP contribution in [0.15, 0.2) is 12.4 Å². The van der Waals surface area contributed by atoms with Crippen LogP contribution in [0, 0.1) is 0 Å². The van der Waals surface area contributed by atoms with Crippen molar-refractivity contribution in [3.8, 4) is 0 Å². The lowest BCUT2D eigenvalue weighted by Crippen LogP contribution is -2.53. The highest BCUT2D eigenvalue weighted by Crippen LogP contribution is 2.34. The summed E-state index contributed by atoms with van der Waals surface area (Å²) in [6.07, 6.45) is -2.92. The van der Waals surface area contributed by atoms with Gasteiger partial charge in [-0.05, 0) is 18.6 Å². The van der Waals surface area contributed by atoms with Crippen molar-refractivity contribution >= 4 is 29.1 Å². The molecule has 0 bridgehead atoms. The van der Waals surface area contributed by atoms with Gasteiger partial charge in [-0.2, -0.15) is 23.3 Å². The van der Waals surface area contributed by atoms with Gasteiger partial charge in [-0.3, -0.25) is 0 Å². The number of aromatic amines is 1. The van der Waals surface area contributed by atoms with Gasteiger partial charge in [0.25, 0.3) is 0 Å². The molecule has 0 aliphatic carbocycles. The molecule has 2 atom stereocenters. The van der Waals surface area contributed by atoms with Crippen LogP contribution in [0.4, 0.5) is 35.0 Å². The molecular weight excluding hydrogens is 390 g/mol. The first-order valence-corrected chi connectivity index (χ1v) is 8.58. The smallest absolute Gasteiger partial charge is 0.372 e. The van der Waals surface area contributed by atoms with E-state index in [9.17, 15) is 17.6 Å². The van der Waals surface area contributed by atoms with Crippen LogP contribution in [-0.4, -0.2) is 53.3 Å². The molecule has 7 nitrogen and oxygen atoms in total. The highest BCUT2D eigenvalue weighted by Gasteiger charge is 2.39. The van der Waals surface area contributed by atoms with Crippen molar-refractivity contribution in [2.24, 2.45) is 0 Å². The zero-order valence-corrected chi connectivity index (χ0v) is 15.4. The van der Waals surface area contributed by atoms with Gasteiger partial charge in [0.05, 0.1) is 6.20 Å². The van der Waals surface area contributed by atoms with Crippen molar-refractivity contribution in [2.45, 2.75) is 24.8 Å². The third-order valence-electron chi connectivity index (χ3n) is 4.40. The predicted molar refractivity (Wildman–Crippen MR) is 91.9 cm³/mol. The van der Waals surface area contributed by atoms with Crippen LogP contribution < -0.4 is 15.3 Å². The van der Waals surface area contributed by atoms with Crippen molar-refractivity contribution in [2.75, 3.05) is 37.8 Å². The molecule has 1 aliphatic rings. The second-order valence-corrected chi connectivity index (χ2v) is 6.67. The molecule has 1 saturated heterocycles. The van der Waals surface area contributed by atoms with E-state index in [4.69, 9.17) is 11.6 Å². The van der Waals surface area contributed by atoms with Gasteiger partial charge in [0.1, 0.15) is 11.4 Å². The summed E-state index contributed by atoms with van der Waals surface area (Å²) in [5, 5.41) is 8.24. The largest absolute Gasteiger partial charge is 0.421 e. The number of nitrogens with one attached hydrogen (secondary N) is 3. The van der Waals surface area contributed by atoms with Gasteiger partial charge >= 0.3 is 11.3 Å². The van der Waals surface area contributed by atoms with E-state index in [1.807, 2.05) is 11.9 Å². The van der Waals surface area contributed by atoms with Crippen LogP contribution in [0.2, 0.25) is 5.15 Å². The molecule has 0 amide bonds. The molecule has 0 radical (unpaired) electrons. The second kappa shape index (κ2) is 7.47. The quantitative estimate of drug-likeness (QED) is 0.536. The Hall–Kier alpha value is -2.14. The number of hydrogen-bond donors (Lipinski definition) is 3. The van der Waals surface area contributed by atoms with Crippen molar-refractivity contribution in [3.05, 3.63) is 23.1 Å². The Labute approximate surface area is 157 Å².